The lowest BCUT2D eigenvalue weighted by atomic mass is 9.96. The lowest BCUT2D eigenvalue weighted by Crippen LogP contribution is -2.20. The number of hydrogen-bond donors (Lipinski definition) is 1. The predicted octanol–water partition coefficient (Wildman–Crippen LogP) is 2.64. The van der Waals surface area contributed by atoms with Gasteiger partial charge in [0.15, 0.2) is 9.84 Å². The lowest BCUT2D eigenvalue weighted by molar-refractivity contribution is 0.595. The first-order chi connectivity index (χ1) is 9.08. The minimum absolute atomic E-state index is 0.0244. The van der Waals surface area contributed by atoms with Crippen molar-refractivity contribution in [1.29, 1.82) is 0 Å². The van der Waals surface area contributed by atoms with Gasteiger partial charge in [0.25, 0.3) is 0 Å². The highest BCUT2D eigenvalue weighted by atomic mass is 32.2. The molecule has 1 N–H and O–H groups in total. The van der Waals surface area contributed by atoms with E-state index in [1.54, 1.807) is 18.2 Å². The summed E-state index contributed by atoms with van der Waals surface area (Å²) >= 11 is 0. The molecule has 1 aromatic carbocycles. The number of sulfone groups is 1. The van der Waals surface area contributed by atoms with E-state index in [9.17, 15) is 8.42 Å². The fraction of sp³-hybridized carbons (Fsp3) is 0.200. The second-order valence-corrected chi connectivity index (χ2v) is 6.41. The third-order valence-electron chi connectivity index (χ3n) is 3.02. The van der Waals surface area contributed by atoms with Gasteiger partial charge in [0.2, 0.25) is 0 Å². The number of rotatable bonds is 5. The Morgan fingerprint density at radius 2 is 2.11 bits per heavy atom. The van der Waals surface area contributed by atoms with Gasteiger partial charge in [-0.1, -0.05) is 18.2 Å². The van der Waals surface area contributed by atoms with E-state index in [0.717, 1.165) is 17.5 Å². The molecule has 1 aliphatic heterocycles. The molecule has 0 fully saturated rings. The molecule has 0 bridgehead atoms. The van der Waals surface area contributed by atoms with E-state index in [2.05, 4.69) is 24.7 Å². The van der Waals surface area contributed by atoms with E-state index in [0.29, 0.717) is 4.90 Å². The average Bonchev–Trinajstić information content (AvgIpc) is 2.39. The molecule has 0 saturated carbocycles. The first-order valence-corrected chi connectivity index (χ1v) is 7.66. The predicted molar refractivity (Wildman–Crippen MR) is 77.1 cm³/mol. The summed E-state index contributed by atoms with van der Waals surface area (Å²) in [5.74, 6) is -0.0483. The van der Waals surface area contributed by atoms with Gasteiger partial charge in [0.1, 0.15) is 0 Å². The van der Waals surface area contributed by atoms with E-state index in [-0.39, 0.29) is 11.8 Å². The highest BCUT2D eigenvalue weighted by Crippen LogP contribution is 2.28. The largest absolute Gasteiger partial charge is 0.376 e. The maximum absolute atomic E-state index is 12.0. The van der Waals surface area contributed by atoms with Crippen molar-refractivity contribution in [3.63, 3.8) is 0 Å². The van der Waals surface area contributed by atoms with E-state index in [4.69, 9.17) is 0 Å². The standard InChI is InChI=1S/C15H16NO2S/c1-3-5-15-14-11-13(19(17,18)10-4-2)7-6-12(14)8-9-16-15/h3-4,6-8,11,15-16H,1-2,5,10H2. The molecular weight excluding hydrogens is 258 g/mol. The number of benzene rings is 1. The molecule has 99 valence electrons. The molecule has 3 nitrogen and oxygen atoms in total. The van der Waals surface area contributed by atoms with Gasteiger partial charge in [-0.05, 0) is 35.8 Å². The van der Waals surface area contributed by atoms with Crippen molar-refractivity contribution >= 4 is 15.9 Å². The number of hydrogen-bond acceptors (Lipinski definition) is 3. The number of fused-ring (bicyclic) bond motifs is 1. The molecular formula is C15H16NO2S. The van der Waals surface area contributed by atoms with Gasteiger partial charge < -0.3 is 5.32 Å². The molecule has 0 spiro atoms. The molecule has 0 aliphatic carbocycles. The van der Waals surface area contributed by atoms with E-state index in [1.165, 1.54) is 6.08 Å². The Hall–Kier alpha value is -1.81. The van der Waals surface area contributed by atoms with Crippen molar-refractivity contribution in [3.8, 4) is 0 Å². The summed E-state index contributed by atoms with van der Waals surface area (Å²) in [5.41, 5.74) is 1.95. The second kappa shape index (κ2) is 5.45. The minimum Gasteiger partial charge on any atom is -0.376 e. The van der Waals surface area contributed by atoms with Crippen molar-refractivity contribution < 1.29 is 8.42 Å². The zero-order valence-electron chi connectivity index (χ0n) is 10.6. The third-order valence-corrected chi connectivity index (χ3v) is 4.66. The van der Waals surface area contributed by atoms with Crippen LogP contribution < -0.4 is 5.32 Å². The van der Waals surface area contributed by atoms with Crippen LogP contribution in [0.1, 0.15) is 23.6 Å². The number of nitrogens with one attached hydrogen (secondary N) is 1. The van der Waals surface area contributed by atoms with Crippen LogP contribution in [0.2, 0.25) is 0 Å². The van der Waals surface area contributed by atoms with Crippen molar-refractivity contribution in [3.05, 3.63) is 60.8 Å². The van der Waals surface area contributed by atoms with Crippen molar-refractivity contribution in [2.24, 2.45) is 0 Å². The summed E-state index contributed by atoms with van der Waals surface area (Å²) in [6.45, 7) is 7.20. The monoisotopic (exact) mass is 274 g/mol. The van der Waals surface area contributed by atoms with Gasteiger partial charge in [0, 0.05) is 0 Å². The lowest BCUT2D eigenvalue weighted by Gasteiger charge is -2.22. The SMILES string of the molecule is C=CCC1N[C]=Cc2ccc(S(=O)(=O)CC=C)cc21. The Balaban J connectivity index is 2.47. The van der Waals surface area contributed by atoms with Crippen LogP contribution in [0.4, 0.5) is 0 Å². The van der Waals surface area contributed by atoms with Crippen LogP contribution in [0.15, 0.2) is 48.4 Å². The van der Waals surface area contributed by atoms with Crippen LogP contribution in [-0.4, -0.2) is 14.2 Å². The summed E-state index contributed by atoms with van der Waals surface area (Å²) < 4.78 is 24.1. The summed E-state index contributed by atoms with van der Waals surface area (Å²) in [7, 11) is -3.29. The van der Waals surface area contributed by atoms with Crippen LogP contribution in [0.25, 0.3) is 6.08 Å². The Morgan fingerprint density at radius 1 is 1.32 bits per heavy atom. The Labute approximate surface area is 114 Å². The summed E-state index contributed by atoms with van der Waals surface area (Å²) in [4.78, 5) is 0.331. The Kier molecular flexibility index (Phi) is 3.90. The first kappa shape index (κ1) is 13.6. The summed E-state index contributed by atoms with van der Waals surface area (Å²) in [6.07, 6.45) is 8.72. The van der Waals surface area contributed by atoms with Crippen molar-refractivity contribution in [1.82, 2.24) is 5.32 Å². The topological polar surface area (TPSA) is 46.2 Å². The normalized spacial score (nSPS) is 17.4. The van der Waals surface area contributed by atoms with Crippen molar-refractivity contribution in [2.75, 3.05) is 5.75 Å². The third kappa shape index (κ3) is 2.79. The van der Waals surface area contributed by atoms with Gasteiger partial charge in [0.05, 0.1) is 22.9 Å². The smallest absolute Gasteiger partial charge is 0.181 e. The van der Waals surface area contributed by atoms with E-state index < -0.39 is 9.84 Å². The van der Waals surface area contributed by atoms with Crippen LogP contribution >= 0.6 is 0 Å². The Bertz CT molecular complexity index is 630. The highest BCUT2D eigenvalue weighted by Gasteiger charge is 2.20. The first-order valence-electron chi connectivity index (χ1n) is 6.01. The fourth-order valence-corrected chi connectivity index (χ4v) is 3.17. The molecule has 1 atom stereocenters. The molecule has 2 rings (SSSR count). The van der Waals surface area contributed by atoms with Crippen molar-refractivity contribution in [2.45, 2.75) is 17.4 Å². The molecule has 0 saturated heterocycles. The maximum Gasteiger partial charge on any atom is 0.181 e. The van der Waals surface area contributed by atoms with Crippen LogP contribution in [-0.2, 0) is 9.84 Å². The Morgan fingerprint density at radius 3 is 2.79 bits per heavy atom. The molecule has 1 heterocycles. The quantitative estimate of drug-likeness (QED) is 0.840. The fourth-order valence-electron chi connectivity index (χ4n) is 2.08. The molecule has 4 heteroatoms. The van der Waals surface area contributed by atoms with Gasteiger partial charge in [-0.3, -0.25) is 0 Å². The van der Waals surface area contributed by atoms with E-state index >= 15 is 0 Å². The molecule has 19 heavy (non-hydrogen) atoms. The molecule has 1 aliphatic rings. The van der Waals surface area contributed by atoms with E-state index in [1.807, 2.05) is 12.1 Å². The van der Waals surface area contributed by atoms with Crippen LogP contribution in [0, 0.1) is 6.20 Å². The van der Waals surface area contributed by atoms with Crippen LogP contribution in [0.3, 0.4) is 0 Å². The molecule has 0 amide bonds. The zero-order chi connectivity index (χ0) is 13.9. The van der Waals surface area contributed by atoms with Gasteiger partial charge >= 0.3 is 0 Å². The highest BCUT2D eigenvalue weighted by molar-refractivity contribution is 7.91. The molecule has 1 aromatic rings. The van der Waals surface area contributed by atoms with Gasteiger partial charge in [-0.25, -0.2) is 8.42 Å². The maximum atomic E-state index is 12.0. The van der Waals surface area contributed by atoms with Gasteiger partial charge in [-0.2, -0.15) is 0 Å². The average molecular weight is 274 g/mol. The minimum atomic E-state index is -3.29. The molecule has 1 radical (unpaired) electrons. The summed E-state index contributed by atoms with van der Waals surface area (Å²) in [5, 5.41) is 3.10. The zero-order valence-corrected chi connectivity index (χ0v) is 11.4. The summed E-state index contributed by atoms with van der Waals surface area (Å²) in [6, 6.07) is 5.20. The van der Waals surface area contributed by atoms with Gasteiger partial charge in [-0.15, -0.1) is 13.2 Å². The second-order valence-electron chi connectivity index (χ2n) is 4.37. The molecule has 0 aromatic heterocycles. The van der Waals surface area contributed by atoms with Crippen LogP contribution in [0.5, 0.6) is 0 Å². The molecule has 1 unspecified atom stereocenters.